The fourth-order valence-corrected chi connectivity index (χ4v) is 5.92. The molecule has 10 heteroatoms. The van der Waals surface area contributed by atoms with Gasteiger partial charge in [0.25, 0.3) is 0 Å². The minimum atomic E-state index is -0.824. The number of fused-ring (bicyclic) bond motifs is 2. The number of carboxylic acid groups (broad SMARTS) is 1. The molecule has 4 aromatic rings. The van der Waals surface area contributed by atoms with Crippen LogP contribution in [-0.2, 0) is 24.4 Å². The lowest BCUT2D eigenvalue weighted by atomic mass is 10.0. The van der Waals surface area contributed by atoms with Crippen molar-refractivity contribution in [2.75, 3.05) is 70.3 Å². The lowest BCUT2D eigenvalue weighted by Crippen LogP contribution is -2.55. The summed E-state index contributed by atoms with van der Waals surface area (Å²) in [6.07, 6.45) is 0.732. The molecule has 1 fully saturated rings. The number of piperazine rings is 1. The van der Waals surface area contributed by atoms with E-state index >= 15 is 0 Å². The summed E-state index contributed by atoms with van der Waals surface area (Å²) >= 11 is 0. The van der Waals surface area contributed by atoms with Crippen molar-refractivity contribution in [3.8, 4) is 11.8 Å². The Morgan fingerprint density at radius 3 is 2.57 bits per heavy atom. The van der Waals surface area contributed by atoms with Crippen LogP contribution in [0.3, 0.4) is 0 Å². The topological polar surface area (TPSA) is 94.5 Å². The molecule has 3 heterocycles. The molecule has 1 aromatic heterocycles. The maximum absolute atomic E-state index is 12.0. The molecule has 0 bridgehead atoms. The molecule has 44 heavy (non-hydrogen) atoms. The molecule has 0 saturated carbocycles. The first kappa shape index (κ1) is 29.7. The van der Waals surface area contributed by atoms with Crippen molar-refractivity contribution < 1.29 is 19.4 Å². The van der Waals surface area contributed by atoms with Crippen LogP contribution in [0.5, 0.6) is 11.8 Å². The summed E-state index contributed by atoms with van der Waals surface area (Å²) in [6.45, 7) is 4.73. The van der Waals surface area contributed by atoms with Crippen molar-refractivity contribution in [1.82, 2.24) is 19.8 Å². The van der Waals surface area contributed by atoms with Gasteiger partial charge in [-0.2, -0.15) is 9.97 Å². The Kier molecular flexibility index (Phi) is 8.81. The van der Waals surface area contributed by atoms with Gasteiger partial charge < -0.3 is 29.3 Å². The van der Waals surface area contributed by atoms with Gasteiger partial charge >= 0.3 is 12.0 Å². The third kappa shape index (κ3) is 6.56. The Bertz CT molecular complexity index is 1610. The second-order valence-corrected chi connectivity index (χ2v) is 11.8. The summed E-state index contributed by atoms with van der Waals surface area (Å²) in [5.41, 5.74) is 4.19. The second-order valence-electron chi connectivity index (χ2n) is 11.8. The van der Waals surface area contributed by atoms with Crippen LogP contribution in [0.1, 0.15) is 16.8 Å². The van der Waals surface area contributed by atoms with Crippen LogP contribution in [0.4, 0.5) is 11.5 Å². The Labute approximate surface area is 258 Å². The van der Waals surface area contributed by atoms with Gasteiger partial charge in [-0.3, -0.25) is 9.69 Å². The van der Waals surface area contributed by atoms with E-state index < -0.39 is 12.0 Å². The van der Waals surface area contributed by atoms with Crippen molar-refractivity contribution in [3.63, 3.8) is 0 Å². The molecule has 1 unspecified atom stereocenters. The number of anilines is 2. The van der Waals surface area contributed by atoms with Crippen molar-refractivity contribution in [1.29, 1.82) is 0 Å². The van der Waals surface area contributed by atoms with Crippen molar-refractivity contribution in [2.24, 2.45) is 0 Å². The van der Waals surface area contributed by atoms with Gasteiger partial charge in [-0.15, -0.1) is 0 Å². The molecule has 1 N–H and O–H groups in total. The van der Waals surface area contributed by atoms with E-state index in [0.717, 1.165) is 64.4 Å². The second kappa shape index (κ2) is 13.1. The first-order valence-corrected chi connectivity index (χ1v) is 15.2. The average molecular weight is 597 g/mol. The number of rotatable bonds is 10. The summed E-state index contributed by atoms with van der Waals surface area (Å²) in [5, 5.41) is 12.1. The molecule has 2 aliphatic rings. The molecule has 0 radical (unpaired) electrons. The molecular weight excluding hydrogens is 556 g/mol. The van der Waals surface area contributed by atoms with Crippen LogP contribution in [0.2, 0.25) is 0 Å². The maximum atomic E-state index is 12.0. The Morgan fingerprint density at radius 1 is 0.977 bits per heavy atom. The summed E-state index contributed by atoms with van der Waals surface area (Å²) in [5.74, 6) is 0.787. The standard InChI is InChI=1S/C34H40N6O4/c1-37(2)17-18-43-34-35-29-21-39(14-13-28(29)32(36-34)40-16-15-38(3)31(22-40)33(41)42)30-20-26(19-25-11-7-8-12-27(25)30)44-23-24-9-5-4-6-10-24/h4-12,19-20,31H,13-18,21-23H2,1-3H3,(H,41,42). The van der Waals surface area contributed by atoms with Gasteiger partial charge in [0.2, 0.25) is 0 Å². The smallest absolute Gasteiger partial charge is 0.322 e. The summed E-state index contributed by atoms with van der Waals surface area (Å²) in [4.78, 5) is 30.2. The zero-order valence-corrected chi connectivity index (χ0v) is 25.6. The Hall–Kier alpha value is -4.41. The SMILES string of the molecule is CN(C)CCOc1nc2c(c(N3CCN(C)C(C(=O)O)C3)n1)CCN(c1cc(OCc3ccccc3)cc3ccccc13)C2. The number of aliphatic carboxylic acids is 1. The van der Waals surface area contributed by atoms with E-state index in [9.17, 15) is 9.90 Å². The molecule has 0 aliphatic carbocycles. The van der Waals surface area contributed by atoms with Crippen LogP contribution in [0, 0.1) is 0 Å². The molecule has 0 spiro atoms. The van der Waals surface area contributed by atoms with Gasteiger partial charge in [-0.25, -0.2) is 0 Å². The predicted octanol–water partition coefficient (Wildman–Crippen LogP) is 3.92. The van der Waals surface area contributed by atoms with Crippen molar-refractivity contribution in [3.05, 3.63) is 83.6 Å². The highest BCUT2D eigenvalue weighted by Gasteiger charge is 2.34. The van der Waals surface area contributed by atoms with Crippen molar-refractivity contribution in [2.45, 2.75) is 25.6 Å². The molecule has 3 aromatic carbocycles. The maximum Gasteiger partial charge on any atom is 0.322 e. The van der Waals surface area contributed by atoms with Crippen LogP contribution in [0.25, 0.3) is 10.8 Å². The van der Waals surface area contributed by atoms with E-state index in [1.807, 2.05) is 44.2 Å². The van der Waals surface area contributed by atoms with E-state index in [0.29, 0.717) is 45.4 Å². The minimum Gasteiger partial charge on any atom is -0.489 e. The molecule has 230 valence electrons. The zero-order valence-electron chi connectivity index (χ0n) is 25.6. The van der Waals surface area contributed by atoms with E-state index in [2.05, 4.69) is 63.2 Å². The number of hydrogen-bond acceptors (Lipinski definition) is 9. The van der Waals surface area contributed by atoms with E-state index in [-0.39, 0.29) is 0 Å². The van der Waals surface area contributed by atoms with Gasteiger partial charge in [0.1, 0.15) is 30.8 Å². The molecule has 6 rings (SSSR count). The van der Waals surface area contributed by atoms with Gasteiger partial charge in [-0.05, 0) is 44.6 Å². The highest BCUT2D eigenvalue weighted by molar-refractivity contribution is 5.96. The quantitative estimate of drug-likeness (QED) is 0.290. The summed E-state index contributed by atoms with van der Waals surface area (Å²) in [7, 11) is 5.86. The van der Waals surface area contributed by atoms with Crippen LogP contribution in [0.15, 0.2) is 66.7 Å². The number of ether oxygens (including phenoxy) is 2. The lowest BCUT2D eigenvalue weighted by Gasteiger charge is -2.40. The monoisotopic (exact) mass is 596 g/mol. The summed E-state index contributed by atoms with van der Waals surface area (Å²) in [6, 6.07) is 22.5. The Balaban J connectivity index is 1.32. The number of likely N-dealkylation sites (N-methyl/N-ethyl adjacent to an activating group) is 2. The molecule has 1 atom stereocenters. The third-order valence-corrected chi connectivity index (χ3v) is 8.43. The zero-order chi connectivity index (χ0) is 30.6. The fourth-order valence-electron chi connectivity index (χ4n) is 5.92. The van der Waals surface area contributed by atoms with E-state index in [1.54, 1.807) is 0 Å². The van der Waals surface area contributed by atoms with Gasteiger partial charge in [0.15, 0.2) is 0 Å². The predicted molar refractivity (Wildman–Crippen MR) is 172 cm³/mol. The fraction of sp³-hybridized carbons (Fsp3) is 0.382. The number of benzene rings is 3. The number of nitrogens with zero attached hydrogens (tertiary/aromatic N) is 6. The highest BCUT2D eigenvalue weighted by Crippen LogP contribution is 2.37. The minimum absolute atomic E-state index is 0.332. The average Bonchev–Trinajstić information content (AvgIpc) is 3.03. The van der Waals surface area contributed by atoms with Crippen LogP contribution >= 0.6 is 0 Å². The molecule has 0 amide bonds. The number of aromatic nitrogens is 2. The highest BCUT2D eigenvalue weighted by atomic mass is 16.5. The van der Waals surface area contributed by atoms with Crippen LogP contribution in [-0.4, -0.2) is 97.4 Å². The van der Waals surface area contributed by atoms with Gasteiger partial charge in [0, 0.05) is 55.4 Å². The lowest BCUT2D eigenvalue weighted by molar-refractivity contribution is -0.142. The Morgan fingerprint density at radius 2 is 1.77 bits per heavy atom. The van der Waals surface area contributed by atoms with Crippen molar-refractivity contribution >= 4 is 28.2 Å². The third-order valence-electron chi connectivity index (χ3n) is 8.43. The van der Waals surface area contributed by atoms with E-state index in [1.165, 1.54) is 0 Å². The summed E-state index contributed by atoms with van der Waals surface area (Å²) < 4.78 is 12.3. The number of carboxylic acids is 1. The van der Waals surface area contributed by atoms with Crippen LogP contribution < -0.4 is 19.3 Å². The number of carbonyl (C=O) groups is 1. The largest absolute Gasteiger partial charge is 0.489 e. The molecular formula is C34H40N6O4. The number of hydrogen-bond donors (Lipinski definition) is 1. The van der Waals surface area contributed by atoms with Gasteiger partial charge in [-0.1, -0.05) is 54.6 Å². The molecule has 2 aliphatic heterocycles. The first-order valence-electron chi connectivity index (χ1n) is 15.2. The molecule has 10 nitrogen and oxygen atoms in total. The van der Waals surface area contributed by atoms with E-state index in [4.69, 9.17) is 19.4 Å². The first-order chi connectivity index (χ1) is 21.4. The normalized spacial score (nSPS) is 17.1. The molecule has 1 saturated heterocycles. The van der Waals surface area contributed by atoms with Gasteiger partial charge in [0.05, 0.1) is 12.2 Å².